The maximum absolute atomic E-state index is 12.7. The monoisotopic (exact) mass is 430 g/mol. The number of nitro benzene ring substituents is 1. The summed E-state index contributed by atoms with van der Waals surface area (Å²) in [4.78, 5) is 22.2. The number of nitrogens with one attached hydrogen (secondary N) is 1. The Hall–Kier alpha value is -2.79. The third kappa shape index (κ3) is 6.95. The van der Waals surface area contributed by atoms with E-state index in [4.69, 9.17) is 9.47 Å². The van der Waals surface area contributed by atoms with E-state index in [0.29, 0.717) is 30.7 Å². The fraction of sp³-hybridized carbons (Fsp3) is 0.278. The predicted molar refractivity (Wildman–Crippen MR) is 101 cm³/mol. The molecule has 156 valence electrons. The fourth-order valence-corrected chi connectivity index (χ4v) is 2.98. The van der Waals surface area contributed by atoms with Gasteiger partial charge in [0.1, 0.15) is 12.4 Å². The van der Waals surface area contributed by atoms with Gasteiger partial charge in [-0.1, -0.05) is 0 Å². The van der Waals surface area contributed by atoms with Crippen molar-refractivity contribution in [3.8, 4) is 5.75 Å². The zero-order valence-electron chi connectivity index (χ0n) is 15.2. The van der Waals surface area contributed by atoms with Crippen molar-refractivity contribution in [1.82, 2.24) is 0 Å². The Morgan fingerprint density at radius 3 is 2.45 bits per heavy atom. The first-order chi connectivity index (χ1) is 13.7. The average molecular weight is 430 g/mol. The van der Waals surface area contributed by atoms with Crippen molar-refractivity contribution in [2.24, 2.45) is 0 Å². The molecule has 0 atom stereocenters. The number of hydrogen-bond donors (Lipinski definition) is 1. The number of carbonyl (C=O) groups is 1. The lowest BCUT2D eigenvalue weighted by molar-refractivity contribution is -0.388. The Bertz CT molecular complexity index is 860. The zero-order chi connectivity index (χ0) is 21.4. The first-order valence-electron chi connectivity index (χ1n) is 8.21. The number of carbonyl (C=O) groups excluding carboxylic acids is 1. The highest BCUT2D eigenvalue weighted by Gasteiger charge is 2.33. The van der Waals surface area contributed by atoms with Gasteiger partial charge in [0.15, 0.2) is 0 Å². The Morgan fingerprint density at radius 2 is 1.86 bits per heavy atom. The molecule has 11 heteroatoms. The van der Waals surface area contributed by atoms with E-state index in [1.54, 1.807) is 31.4 Å². The molecule has 0 aliphatic rings. The van der Waals surface area contributed by atoms with E-state index in [1.807, 2.05) is 0 Å². The minimum Gasteiger partial charge on any atom is -0.491 e. The van der Waals surface area contributed by atoms with Crippen LogP contribution in [-0.4, -0.2) is 36.9 Å². The van der Waals surface area contributed by atoms with Crippen molar-refractivity contribution in [1.29, 1.82) is 0 Å². The number of benzene rings is 2. The number of ether oxygens (including phenoxy) is 2. The summed E-state index contributed by atoms with van der Waals surface area (Å²) >= 11 is 0.779. The molecule has 0 saturated carbocycles. The Labute approximate surface area is 168 Å². The molecule has 2 rings (SSSR count). The second kappa shape index (κ2) is 10.1. The van der Waals surface area contributed by atoms with Crippen LogP contribution in [0.4, 0.5) is 24.5 Å². The van der Waals surface area contributed by atoms with Crippen LogP contribution < -0.4 is 10.1 Å². The molecule has 0 fully saturated rings. The van der Waals surface area contributed by atoms with Crippen LogP contribution in [0.15, 0.2) is 47.4 Å². The number of anilines is 1. The summed E-state index contributed by atoms with van der Waals surface area (Å²) < 4.78 is 48.4. The topological polar surface area (TPSA) is 90.7 Å². The maximum atomic E-state index is 12.7. The number of thioether (sulfide) groups is 1. The smallest absolute Gasteiger partial charge is 0.416 e. The molecule has 1 amide bonds. The molecule has 2 aromatic rings. The number of nitrogens with zero attached hydrogens (tertiary/aromatic N) is 1. The van der Waals surface area contributed by atoms with Gasteiger partial charge in [-0.25, -0.2) is 0 Å². The average Bonchev–Trinajstić information content (AvgIpc) is 2.67. The molecule has 0 spiro atoms. The second-order valence-corrected chi connectivity index (χ2v) is 6.66. The van der Waals surface area contributed by atoms with E-state index < -0.39 is 28.3 Å². The van der Waals surface area contributed by atoms with Crippen molar-refractivity contribution < 1.29 is 32.4 Å². The van der Waals surface area contributed by atoms with E-state index in [9.17, 15) is 28.1 Å². The summed E-state index contributed by atoms with van der Waals surface area (Å²) in [5.74, 6) is -0.0785. The first-order valence-corrected chi connectivity index (χ1v) is 9.19. The molecular formula is C18H17F3N2O5S. The number of rotatable bonds is 9. The standard InChI is InChI=1S/C18H17F3N2O5S/c1-27-8-9-28-14-5-3-13(4-6-14)22-17(24)11-29-16-7-2-12(18(19,20)21)10-15(16)23(25)26/h2-7,10H,8-9,11H2,1H3,(H,22,24). The lowest BCUT2D eigenvalue weighted by Gasteiger charge is -2.09. The SMILES string of the molecule is COCCOc1ccc(NC(=O)CSc2ccc(C(F)(F)F)cc2[N+](=O)[O-])cc1. The highest BCUT2D eigenvalue weighted by Crippen LogP contribution is 2.36. The molecular weight excluding hydrogens is 413 g/mol. The summed E-state index contributed by atoms with van der Waals surface area (Å²) in [7, 11) is 1.55. The quantitative estimate of drug-likeness (QED) is 0.275. The van der Waals surface area contributed by atoms with Crippen molar-refractivity contribution >= 4 is 29.0 Å². The zero-order valence-corrected chi connectivity index (χ0v) is 16.0. The molecule has 0 aromatic heterocycles. The van der Waals surface area contributed by atoms with Crippen molar-refractivity contribution in [2.45, 2.75) is 11.1 Å². The Balaban J connectivity index is 1.96. The Morgan fingerprint density at radius 1 is 1.17 bits per heavy atom. The highest BCUT2D eigenvalue weighted by atomic mass is 32.2. The van der Waals surface area contributed by atoms with Gasteiger partial charge in [0.25, 0.3) is 5.69 Å². The molecule has 0 saturated heterocycles. The first kappa shape index (κ1) is 22.5. The number of amides is 1. The Kier molecular flexibility index (Phi) is 7.85. The molecule has 0 aliphatic carbocycles. The van der Waals surface area contributed by atoms with Gasteiger partial charge in [-0.15, -0.1) is 11.8 Å². The van der Waals surface area contributed by atoms with Crippen LogP contribution in [0.2, 0.25) is 0 Å². The van der Waals surface area contributed by atoms with Crippen LogP contribution in [0.3, 0.4) is 0 Å². The molecule has 29 heavy (non-hydrogen) atoms. The molecule has 0 bridgehead atoms. The summed E-state index contributed by atoms with van der Waals surface area (Å²) in [6.07, 6.45) is -4.69. The van der Waals surface area contributed by atoms with Crippen molar-refractivity contribution in [3.63, 3.8) is 0 Å². The van der Waals surface area contributed by atoms with Crippen LogP contribution in [0, 0.1) is 10.1 Å². The van der Waals surface area contributed by atoms with Gasteiger partial charge in [-0.05, 0) is 36.4 Å². The van der Waals surface area contributed by atoms with Gasteiger partial charge in [-0.3, -0.25) is 14.9 Å². The van der Waals surface area contributed by atoms with Crippen LogP contribution in [0.1, 0.15) is 5.56 Å². The van der Waals surface area contributed by atoms with Gasteiger partial charge < -0.3 is 14.8 Å². The maximum Gasteiger partial charge on any atom is 0.416 e. The summed E-state index contributed by atoms with van der Waals surface area (Å²) in [5.41, 5.74) is -1.34. The summed E-state index contributed by atoms with van der Waals surface area (Å²) in [6, 6.07) is 8.73. The van der Waals surface area contributed by atoms with E-state index >= 15 is 0 Å². The third-order valence-corrected chi connectivity index (χ3v) is 4.60. The van der Waals surface area contributed by atoms with Gasteiger partial charge >= 0.3 is 6.18 Å². The van der Waals surface area contributed by atoms with Crippen molar-refractivity contribution in [2.75, 3.05) is 31.4 Å². The van der Waals surface area contributed by atoms with E-state index in [0.717, 1.165) is 23.9 Å². The lowest BCUT2D eigenvalue weighted by atomic mass is 10.2. The molecule has 0 heterocycles. The number of methoxy groups -OCH3 is 1. The molecule has 0 unspecified atom stereocenters. The number of nitro groups is 1. The van der Waals surface area contributed by atoms with Crippen LogP contribution >= 0.6 is 11.8 Å². The highest BCUT2D eigenvalue weighted by molar-refractivity contribution is 8.00. The molecule has 1 N–H and O–H groups in total. The number of halogens is 3. The molecule has 2 aromatic carbocycles. The van der Waals surface area contributed by atoms with E-state index in [1.165, 1.54) is 0 Å². The third-order valence-electron chi connectivity index (χ3n) is 3.54. The number of alkyl halides is 3. The second-order valence-electron chi connectivity index (χ2n) is 5.64. The van der Waals surface area contributed by atoms with Gasteiger partial charge in [0.2, 0.25) is 5.91 Å². The van der Waals surface area contributed by atoms with E-state index in [-0.39, 0.29) is 10.6 Å². The van der Waals surface area contributed by atoms with Gasteiger partial charge in [0.05, 0.1) is 27.7 Å². The summed E-state index contributed by atoms with van der Waals surface area (Å²) in [5, 5.41) is 13.7. The van der Waals surface area contributed by atoms with Gasteiger partial charge in [-0.2, -0.15) is 13.2 Å². The number of hydrogen-bond acceptors (Lipinski definition) is 6. The minimum absolute atomic E-state index is 0.0277. The summed E-state index contributed by atoms with van der Waals surface area (Å²) in [6.45, 7) is 0.816. The van der Waals surface area contributed by atoms with Crippen LogP contribution in [0.5, 0.6) is 5.75 Å². The molecule has 0 aliphatic heterocycles. The van der Waals surface area contributed by atoms with Crippen LogP contribution in [0.25, 0.3) is 0 Å². The lowest BCUT2D eigenvalue weighted by Crippen LogP contribution is -2.14. The predicted octanol–water partition coefficient (Wildman–Crippen LogP) is 4.37. The minimum atomic E-state index is -4.69. The molecule has 7 nitrogen and oxygen atoms in total. The van der Waals surface area contributed by atoms with Gasteiger partial charge in [0, 0.05) is 18.9 Å². The normalized spacial score (nSPS) is 11.2. The van der Waals surface area contributed by atoms with Crippen LogP contribution in [-0.2, 0) is 15.7 Å². The largest absolute Gasteiger partial charge is 0.491 e. The van der Waals surface area contributed by atoms with Crippen molar-refractivity contribution in [3.05, 3.63) is 58.1 Å². The van der Waals surface area contributed by atoms with E-state index in [2.05, 4.69) is 5.32 Å². The molecule has 0 radical (unpaired) electrons. The fourth-order valence-electron chi connectivity index (χ4n) is 2.18.